The number of carbonyl (C=O) groups excluding carboxylic acids is 1. The van der Waals surface area contributed by atoms with E-state index in [1.807, 2.05) is 13.8 Å². The van der Waals surface area contributed by atoms with Gasteiger partial charge in [-0.2, -0.15) is 0 Å². The summed E-state index contributed by atoms with van der Waals surface area (Å²) in [6.07, 6.45) is 0.773. The average molecular weight is 309 g/mol. The van der Waals surface area contributed by atoms with Crippen molar-refractivity contribution in [1.29, 1.82) is 0 Å². The van der Waals surface area contributed by atoms with Crippen molar-refractivity contribution in [2.45, 2.75) is 26.3 Å². The number of benzene rings is 1. The molecule has 3 N–H and O–H groups in total. The van der Waals surface area contributed by atoms with Crippen molar-refractivity contribution < 1.29 is 9.18 Å². The van der Waals surface area contributed by atoms with Crippen molar-refractivity contribution in [3.8, 4) is 0 Å². The summed E-state index contributed by atoms with van der Waals surface area (Å²) in [5.74, 6) is -0.574. The van der Waals surface area contributed by atoms with Crippen LogP contribution in [0.15, 0.2) is 18.2 Å². The van der Waals surface area contributed by atoms with Crippen LogP contribution in [0.4, 0.5) is 4.39 Å². The molecule has 1 aromatic rings. The zero-order valence-electron chi connectivity index (χ0n) is 11.0. The molecule has 19 heavy (non-hydrogen) atoms. The first kappa shape index (κ1) is 18.2. The summed E-state index contributed by atoms with van der Waals surface area (Å²) in [6.45, 7) is 4.44. The number of nitrogens with two attached hydrogens (primary N) is 1. The average Bonchev–Trinajstić information content (AvgIpc) is 2.31. The van der Waals surface area contributed by atoms with Gasteiger partial charge >= 0.3 is 0 Å². The van der Waals surface area contributed by atoms with E-state index in [0.29, 0.717) is 12.5 Å². The van der Waals surface area contributed by atoms with Gasteiger partial charge in [-0.3, -0.25) is 4.79 Å². The van der Waals surface area contributed by atoms with Crippen molar-refractivity contribution in [2.24, 2.45) is 11.7 Å². The highest BCUT2D eigenvalue weighted by Gasteiger charge is 2.17. The monoisotopic (exact) mass is 308 g/mol. The smallest absolute Gasteiger partial charge is 0.253 e. The van der Waals surface area contributed by atoms with E-state index >= 15 is 0 Å². The Balaban J connectivity index is 0.00000324. The molecule has 0 spiro atoms. The molecule has 0 radical (unpaired) electrons. The Morgan fingerprint density at radius 2 is 2.11 bits per heavy atom. The quantitative estimate of drug-likeness (QED) is 0.878. The number of hydrogen-bond donors (Lipinski definition) is 2. The number of nitrogens with one attached hydrogen (secondary N) is 1. The van der Waals surface area contributed by atoms with Crippen LogP contribution < -0.4 is 11.1 Å². The fourth-order valence-corrected chi connectivity index (χ4v) is 1.94. The van der Waals surface area contributed by atoms with E-state index in [1.165, 1.54) is 18.2 Å². The molecule has 6 heteroatoms. The molecule has 1 atom stereocenters. The lowest BCUT2D eigenvalue weighted by Gasteiger charge is -2.19. The van der Waals surface area contributed by atoms with Gasteiger partial charge in [-0.25, -0.2) is 4.39 Å². The maximum absolute atomic E-state index is 13.2. The molecule has 0 bridgehead atoms. The van der Waals surface area contributed by atoms with Gasteiger partial charge in [0.1, 0.15) is 5.82 Å². The lowest BCUT2D eigenvalue weighted by molar-refractivity contribution is 0.0933. The molecule has 0 aliphatic rings. The van der Waals surface area contributed by atoms with E-state index in [0.717, 1.165) is 6.42 Å². The van der Waals surface area contributed by atoms with Gasteiger partial charge in [0.2, 0.25) is 0 Å². The number of rotatable bonds is 5. The fourth-order valence-electron chi connectivity index (χ4n) is 1.73. The number of hydrogen-bond acceptors (Lipinski definition) is 2. The molecular weight excluding hydrogens is 290 g/mol. The minimum absolute atomic E-state index is 0. The van der Waals surface area contributed by atoms with Crippen LogP contribution in [0, 0.1) is 11.7 Å². The Morgan fingerprint density at radius 1 is 1.47 bits per heavy atom. The van der Waals surface area contributed by atoms with E-state index in [-0.39, 0.29) is 29.0 Å². The summed E-state index contributed by atoms with van der Waals surface area (Å²) >= 11 is 5.75. The minimum Gasteiger partial charge on any atom is -0.348 e. The summed E-state index contributed by atoms with van der Waals surface area (Å²) in [6, 6.07) is 4.03. The summed E-state index contributed by atoms with van der Waals surface area (Å²) in [4.78, 5) is 12.0. The van der Waals surface area contributed by atoms with Crippen LogP contribution in [0.2, 0.25) is 5.02 Å². The molecule has 1 unspecified atom stereocenters. The van der Waals surface area contributed by atoms with Gasteiger partial charge in [0.05, 0.1) is 10.6 Å². The predicted molar refractivity (Wildman–Crippen MR) is 78.4 cm³/mol. The van der Waals surface area contributed by atoms with Gasteiger partial charge in [-0.1, -0.05) is 31.5 Å². The largest absolute Gasteiger partial charge is 0.348 e. The van der Waals surface area contributed by atoms with Crippen LogP contribution in [0.5, 0.6) is 0 Å². The standard InChI is InChI=1S/C13H18ClFN2O.ClH/c1-8(2)6-9(7-16)17-13(18)10-4-3-5-11(15)12(10)14;/h3-5,8-9H,6-7,16H2,1-2H3,(H,17,18);1H. The van der Waals surface area contributed by atoms with E-state index in [1.54, 1.807) is 0 Å². The topological polar surface area (TPSA) is 55.1 Å². The second kappa shape index (κ2) is 8.35. The van der Waals surface area contributed by atoms with Crippen molar-refractivity contribution in [3.63, 3.8) is 0 Å². The van der Waals surface area contributed by atoms with E-state index < -0.39 is 11.7 Å². The number of halogens is 3. The molecule has 0 aromatic heterocycles. The van der Waals surface area contributed by atoms with Gasteiger partial charge in [0.15, 0.2) is 0 Å². The molecule has 0 fully saturated rings. The van der Waals surface area contributed by atoms with E-state index in [4.69, 9.17) is 17.3 Å². The highest BCUT2D eigenvalue weighted by molar-refractivity contribution is 6.34. The Kier molecular flexibility index (Phi) is 7.99. The molecule has 0 aliphatic heterocycles. The van der Waals surface area contributed by atoms with Crippen molar-refractivity contribution in [2.75, 3.05) is 6.54 Å². The first-order valence-corrected chi connectivity index (χ1v) is 6.28. The molecule has 108 valence electrons. The van der Waals surface area contributed by atoms with E-state index in [2.05, 4.69) is 5.32 Å². The third kappa shape index (κ3) is 5.35. The number of carbonyl (C=O) groups is 1. The Labute approximate surface area is 124 Å². The summed E-state index contributed by atoms with van der Waals surface area (Å²) in [5, 5.41) is 2.61. The van der Waals surface area contributed by atoms with Crippen LogP contribution in [0.25, 0.3) is 0 Å². The lowest BCUT2D eigenvalue weighted by Crippen LogP contribution is -2.41. The molecule has 0 saturated heterocycles. The summed E-state index contributed by atoms with van der Waals surface area (Å²) < 4.78 is 13.2. The van der Waals surface area contributed by atoms with Gasteiger partial charge in [-0.05, 0) is 24.5 Å². The lowest BCUT2D eigenvalue weighted by atomic mass is 10.0. The van der Waals surface area contributed by atoms with E-state index in [9.17, 15) is 9.18 Å². The normalized spacial score (nSPS) is 11.9. The summed E-state index contributed by atoms with van der Waals surface area (Å²) in [7, 11) is 0. The van der Waals surface area contributed by atoms with Crippen LogP contribution >= 0.6 is 24.0 Å². The fraction of sp³-hybridized carbons (Fsp3) is 0.462. The second-order valence-electron chi connectivity index (χ2n) is 4.64. The van der Waals surface area contributed by atoms with Crippen LogP contribution in [-0.4, -0.2) is 18.5 Å². The van der Waals surface area contributed by atoms with Gasteiger partial charge in [-0.15, -0.1) is 12.4 Å². The molecule has 1 aromatic carbocycles. The van der Waals surface area contributed by atoms with Crippen LogP contribution in [-0.2, 0) is 0 Å². The molecule has 3 nitrogen and oxygen atoms in total. The SMILES string of the molecule is CC(C)CC(CN)NC(=O)c1cccc(F)c1Cl.Cl. The highest BCUT2D eigenvalue weighted by Crippen LogP contribution is 2.19. The third-order valence-electron chi connectivity index (χ3n) is 2.57. The molecule has 0 saturated carbocycles. The Hall–Kier alpha value is -0.840. The summed E-state index contributed by atoms with van der Waals surface area (Å²) in [5.41, 5.74) is 5.73. The Morgan fingerprint density at radius 3 is 2.63 bits per heavy atom. The van der Waals surface area contributed by atoms with Crippen molar-refractivity contribution in [1.82, 2.24) is 5.32 Å². The van der Waals surface area contributed by atoms with Crippen LogP contribution in [0.3, 0.4) is 0 Å². The van der Waals surface area contributed by atoms with Gasteiger partial charge in [0, 0.05) is 12.6 Å². The van der Waals surface area contributed by atoms with Crippen molar-refractivity contribution in [3.05, 3.63) is 34.6 Å². The maximum atomic E-state index is 13.2. The Bertz CT molecular complexity index is 427. The predicted octanol–water partition coefficient (Wildman–Crippen LogP) is 3.00. The highest BCUT2D eigenvalue weighted by atomic mass is 35.5. The molecule has 1 rings (SSSR count). The third-order valence-corrected chi connectivity index (χ3v) is 2.96. The molecule has 0 aliphatic carbocycles. The van der Waals surface area contributed by atoms with Crippen molar-refractivity contribution >= 4 is 29.9 Å². The number of amides is 1. The van der Waals surface area contributed by atoms with Gasteiger partial charge < -0.3 is 11.1 Å². The minimum atomic E-state index is -0.600. The molecule has 0 heterocycles. The molecule has 1 amide bonds. The zero-order valence-corrected chi connectivity index (χ0v) is 12.5. The van der Waals surface area contributed by atoms with Gasteiger partial charge in [0.25, 0.3) is 5.91 Å². The maximum Gasteiger partial charge on any atom is 0.253 e. The van der Waals surface area contributed by atoms with Crippen LogP contribution in [0.1, 0.15) is 30.6 Å². The second-order valence-corrected chi connectivity index (χ2v) is 5.01. The first-order chi connectivity index (χ1) is 8.45. The zero-order chi connectivity index (χ0) is 13.7. The first-order valence-electron chi connectivity index (χ1n) is 5.90. The molecular formula is C13H19Cl2FN2O.